The average molecular weight is 435 g/mol. The van der Waals surface area contributed by atoms with Gasteiger partial charge in [-0.15, -0.1) is 11.8 Å². The van der Waals surface area contributed by atoms with Crippen LogP contribution in [0.4, 0.5) is 8.78 Å². The highest BCUT2D eigenvalue weighted by atomic mass is 32.2. The Kier molecular flexibility index (Phi) is 9.80. The molecule has 0 saturated heterocycles. The summed E-state index contributed by atoms with van der Waals surface area (Å²) < 4.78 is 27.2. The predicted octanol–water partition coefficient (Wildman–Crippen LogP) is 4.53. The van der Waals surface area contributed by atoms with E-state index in [-0.39, 0.29) is 29.9 Å². The van der Waals surface area contributed by atoms with Gasteiger partial charge in [0.1, 0.15) is 17.7 Å². The third-order valence-corrected chi connectivity index (χ3v) is 5.69. The quantitative estimate of drug-likeness (QED) is 0.529. The minimum Gasteiger partial charge on any atom is -0.354 e. The van der Waals surface area contributed by atoms with E-state index in [4.69, 9.17) is 0 Å². The topological polar surface area (TPSA) is 49.4 Å². The van der Waals surface area contributed by atoms with Crippen molar-refractivity contribution in [3.63, 3.8) is 0 Å². The van der Waals surface area contributed by atoms with Gasteiger partial charge < -0.3 is 10.2 Å². The van der Waals surface area contributed by atoms with Crippen molar-refractivity contribution in [2.45, 2.75) is 45.0 Å². The normalized spacial score (nSPS) is 11.7. The minimum atomic E-state index is -0.722. The Morgan fingerprint density at radius 2 is 1.80 bits per heavy atom. The van der Waals surface area contributed by atoms with Gasteiger partial charge in [-0.1, -0.05) is 43.7 Å². The van der Waals surface area contributed by atoms with E-state index in [1.165, 1.54) is 34.9 Å². The highest BCUT2D eigenvalue weighted by molar-refractivity contribution is 7.99. The van der Waals surface area contributed by atoms with Crippen molar-refractivity contribution in [3.05, 3.63) is 71.3 Å². The van der Waals surface area contributed by atoms with Gasteiger partial charge in [-0.2, -0.15) is 0 Å². The number of unbranched alkanes of at least 4 members (excludes halogenated alkanes) is 1. The van der Waals surface area contributed by atoms with Crippen molar-refractivity contribution >= 4 is 23.6 Å². The first-order valence-electron chi connectivity index (χ1n) is 10.0. The average Bonchev–Trinajstić information content (AvgIpc) is 2.74. The summed E-state index contributed by atoms with van der Waals surface area (Å²) in [6.45, 7) is 4.25. The monoisotopic (exact) mass is 434 g/mol. The van der Waals surface area contributed by atoms with E-state index in [0.29, 0.717) is 17.9 Å². The second kappa shape index (κ2) is 12.3. The van der Waals surface area contributed by atoms with Crippen LogP contribution >= 0.6 is 11.8 Å². The second-order valence-electron chi connectivity index (χ2n) is 7.05. The molecular weight excluding hydrogens is 406 g/mol. The summed E-state index contributed by atoms with van der Waals surface area (Å²) in [5, 5.41) is 2.84. The first kappa shape index (κ1) is 23.9. The van der Waals surface area contributed by atoms with Gasteiger partial charge in [-0.25, -0.2) is 8.78 Å². The summed E-state index contributed by atoms with van der Waals surface area (Å²) >= 11 is 1.37. The van der Waals surface area contributed by atoms with Crippen molar-refractivity contribution in [3.8, 4) is 0 Å². The number of amides is 2. The van der Waals surface area contributed by atoms with Gasteiger partial charge >= 0.3 is 0 Å². The number of benzene rings is 2. The Morgan fingerprint density at radius 3 is 2.47 bits per heavy atom. The zero-order valence-electron chi connectivity index (χ0n) is 17.4. The largest absolute Gasteiger partial charge is 0.354 e. The summed E-state index contributed by atoms with van der Waals surface area (Å²) in [7, 11) is 0. The molecule has 4 nitrogen and oxygen atoms in total. The van der Waals surface area contributed by atoms with E-state index in [9.17, 15) is 18.4 Å². The number of hydrogen-bond donors (Lipinski definition) is 1. The van der Waals surface area contributed by atoms with Crippen LogP contribution in [0.1, 0.15) is 37.8 Å². The van der Waals surface area contributed by atoms with Crippen LogP contribution in [-0.4, -0.2) is 35.1 Å². The molecule has 2 amide bonds. The number of rotatable bonds is 11. The SMILES string of the molecule is CCCCNC(=O)[C@@H](C)N(Cc1ccccc1F)C(=O)CSCc1ccc(F)cc1. The molecule has 0 saturated carbocycles. The highest BCUT2D eigenvalue weighted by Gasteiger charge is 2.26. The molecule has 0 aliphatic heterocycles. The lowest BCUT2D eigenvalue weighted by Gasteiger charge is -2.29. The molecule has 0 fully saturated rings. The second-order valence-corrected chi connectivity index (χ2v) is 8.04. The first-order chi connectivity index (χ1) is 14.4. The minimum absolute atomic E-state index is 0.0188. The number of halogens is 2. The van der Waals surface area contributed by atoms with Crippen LogP contribution in [0.2, 0.25) is 0 Å². The van der Waals surface area contributed by atoms with E-state index in [1.807, 2.05) is 6.92 Å². The van der Waals surface area contributed by atoms with Gasteiger partial charge in [-0.05, 0) is 37.1 Å². The fourth-order valence-corrected chi connectivity index (χ4v) is 3.72. The van der Waals surface area contributed by atoms with E-state index in [2.05, 4.69) is 5.32 Å². The van der Waals surface area contributed by atoms with Crippen LogP contribution in [0.15, 0.2) is 48.5 Å². The van der Waals surface area contributed by atoms with Gasteiger partial charge in [0, 0.05) is 24.4 Å². The lowest BCUT2D eigenvalue weighted by atomic mass is 10.1. The Balaban J connectivity index is 2.04. The Bertz CT molecular complexity index is 830. The van der Waals surface area contributed by atoms with Crippen molar-refractivity contribution in [1.29, 1.82) is 0 Å². The van der Waals surface area contributed by atoms with Crippen LogP contribution < -0.4 is 5.32 Å². The number of nitrogens with zero attached hydrogens (tertiary/aromatic N) is 1. The molecule has 1 atom stereocenters. The Hall–Kier alpha value is -2.41. The fourth-order valence-electron chi connectivity index (χ4n) is 2.85. The van der Waals surface area contributed by atoms with E-state index in [0.717, 1.165) is 18.4 Å². The molecule has 0 aliphatic carbocycles. The van der Waals surface area contributed by atoms with Crippen LogP contribution in [-0.2, 0) is 21.9 Å². The summed E-state index contributed by atoms with van der Waals surface area (Å²) in [6.07, 6.45) is 1.81. The molecule has 162 valence electrons. The molecule has 0 bridgehead atoms. The number of hydrogen-bond acceptors (Lipinski definition) is 3. The third-order valence-electron chi connectivity index (χ3n) is 4.70. The van der Waals surface area contributed by atoms with Crippen LogP contribution in [0.25, 0.3) is 0 Å². The molecule has 0 aromatic heterocycles. The van der Waals surface area contributed by atoms with Crippen LogP contribution in [0.5, 0.6) is 0 Å². The first-order valence-corrected chi connectivity index (χ1v) is 11.2. The van der Waals surface area contributed by atoms with Crippen LogP contribution in [0.3, 0.4) is 0 Å². The smallest absolute Gasteiger partial charge is 0.242 e. The molecule has 0 aliphatic rings. The number of nitrogens with one attached hydrogen (secondary N) is 1. The Labute approximate surface area is 181 Å². The zero-order chi connectivity index (χ0) is 21.9. The molecule has 0 spiro atoms. The molecule has 2 rings (SSSR count). The zero-order valence-corrected chi connectivity index (χ0v) is 18.2. The summed E-state index contributed by atoms with van der Waals surface area (Å²) in [5.74, 6) is -0.540. The Morgan fingerprint density at radius 1 is 1.10 bits per heavy atom. The van der Waals surface area contributed by atoms with Gasteiger partial charge in [-0.3, -0.25) is 9.59 Å². The van der Waals surface area contributed by atoms with Crippen molar-refractivity contribution in [2.24, 2.45) is 0 Å². The highest BCUT2D eigenvalue weighted by Crippen LogP contribution is 2.17. The van der Waals surface area contributed by atoms with Crippen molar-refractivity contribution < 1.29 is 18.4 Å². The number of carbonyl (C=O) groups is 2. The predicted molar refractivity (Wildman–Crippen MR) is 117 cm³/mol. The fraction of sp³-hybridized carbons (Fsp3) is 0.391. The molecule has 2 aromatic carbocycles. The summed E-state index contributed by atoms with van der Waals surface area (Å²) in [6, 6.07) is 11.6. The molecule has 30 heavy (non-hydrogen) atoms. The lowest BCUT2D eigenvalue weighted by molar-refractivity contribution is -0.138. The maximum Gasteiger partial charge on any atom is 0.242 e. The molecule has 0 heterocycles. The summed E-state index contributed by atoms with van der Waals surface area (Å²) in [4.78, 5) is 26.9. The van der Waals surface area contributed by atoms with E-state index < -0.39 is 11.9 Å². The van der Waals surface area contributed by atoms with Crippen molar-refractivity contribution in [1.82, 2.24) is 10.2 Å². The number of carbonyl (C=O) groups excluding carboxylic acids is 2. The van der Waals surface area contributed by atoms with Gasteiger partial charge in [0.05, 0.1) is 5.75 Å². The number of thioether (sulfide) groups is 1. The molecule has 2 aromatic rings. The molecule has 0 radical (unpaired) electrons. The molecule has 0 unspecified atom stereocenters. The van der Waals surface area contributed by atoms with Crippen LogP contribution in [0, 0.1) is 11.6 Å². The lowest BCUT2D eigenvalue weighted by Crippen LogP contribution is -2.48. The van der Waals surface area contributed by atoms with E-state index in [1.54, 1.807) is 37.3 Å². The molecule has 1 N–H and O–H groups in total. The maximum atomic E-state index is 14.2. The standard InChI is InChI=1S/C23H28F2N2O2S/c1-3-4-13-26-23(29)17(2)27(14-19-7-5-6-8-21(19)25)22(28)16-30-15-18-9-11-20(24)12-10-18/h5-12,17H,3-4,13-16H2,1-2H3,(H,26,29)/t17-/m1/s1. The van der Waals surface area contributed by atoms with E-state index >= 15 is 0 Å². The molecule has 7 heteroatoms. The van der Waals surface area contributed by atoms with Gasteiger partial charge in [0.15, 0.2) is 0 Å². The molecular formula is C23H28F2N2O2S. The maximum absolute atomic E-state index is 14.2. The van der Waals surface area contributed by atoms with Crippen molar-refractivity contribution in [2.75, 3.05) is 12.3 Å². The third kappa shape index (κ3) is 7.44. The van der Waals surface area contributed by atoms with Gasteiger partial charge in [0.25, 0.3) is 0 Å². The summed E-state index contributed by atoms with van der Waals surface area (Å²) in [5.41, 5.74) is 1.27. The van der Waals surface area contributed by atoms with Gasteiger partial charge in [0.2, 0.25) is 11.8 Å².